The second kappa shape index (κ2) is 8.93. The van der Waals surface area contributed by atoms with Gasteiger partial charge in [-0.1, -0.05) is 0 Å². The third-order valence-electron chi connectivity index (χ3n) is 2.69. The predicted octanol–water partition coefficient (Wildman–Crippen LogP) is 4.15. The maximum absolute atomic E-state index is 3.23. The van der Waals surface area contributed by atoms with Gasteiger partial charge in [0, 0.05) is 0 Å². The molecule has 0 saturated heterocycles. The molecule has 0 spiro atoms. The molecule has 0 N–H and O–H groups in total. The van der Waals surface area contributed by atoms with Crippen LogP contribution in [-0.4, -0.2) is 27.5 Å². The van der Waals surface area contributed by atoms with E-state index in [0.29, 0.717) is 0 Å². The average molecular weight is 373 g/mol. The summed E-state index contributed by atoms with van der Waals surface area (Å²) in [4.78, 5) is 8.85. The van der Waals surface area contributed by atoms with Gasteiger partial charge in [-0.05, 0) is 0 Å². The van der Waals surface area contributed by atoms with Gasteiger partial charge in [0.15, 0.2) is 0 Å². The summed E-state index contributed by atoms with van der Waals surface area (Å²) >= 11 is 3.48. The third-order valence-corrected chi connectivity index (χ3v) is 5.14. The van der Waals surface area contributed by atoms with Crippen molar-refractivity contribution in [3.63, 3.8) is 0 Å². The van der Waals surface area contributed by atoms with Crippen molar-refractivity contribution >= 4 is 38.5 Å². The molecule has 0 nitrogen and oxygen atoms in total. The topological polar surface area (TPSA) is 0 Å². The molecule has 0 aromatic heterocycles. The Morgan fingerprint density at radius 3 is 1.57 bits per heavy atom. The molecule has 0 fully saturated rings. The number of hydrogen-bond acceptors (Lipinski definition) is 2. The molecule has 2 aromatic carbocycles. The summed E-state index contributed by atoms with van der Waals surface area (Å²) in [5.74, 6) is 6.46. The molecular formula is C18H14S2Se. The number of benzene rings is 2. The Morgan fingerprint density at radius 2 is 1.14 bits per heavy atom. The van der Waals surface area contributed by atoms with E-state index in [1.165, 1.54) is 9.79 Å². The first-order valence-electron chi connectivity index (χ1n) is 6.29. The van der Waals surface area contributed by atoms with Crippen LogP contribution in [0, 0.1) is 21.5 Å². The van der Waals surface area contributed by atoms with Crippen LogP contribution in [0.2, 0.25) is 0 Å². The summed E-state index contributed by atoms with van der Waals surface area (Å²) in [5.41, 5.74) is 2.19. The molecule has 0 amide bonds. The number of rotatable bonds is 2. The Hall–Kier alpha value is -1.22. The van der Waals surface area contributed by atoms with Crippen LogP contribution in [-0.2, 0) is 0 Å². The van der Waals surface area contributed by atoms with Gasteiger partial charge in [0.25, 0.3) is 0 Å². The number of thioether (sulfide) groups is 2. The van der Waals surface area contributed by atoms with Crippen molar-refractivity contribution in [1.29, 1.82) is 0 Å². The van der Waals surface area contributed by atoms with Crippen molar-refractivity contribution in [1.82, 2.24) is 0 Å². The Morgan fingerprint density at radius 1 is 0.714 bits per heavy atom. The minimum atomic E-state index is 0.0248. The summed E-state index contributed by atoms with van der Waals surface area (Å²) in [6.07, 6.45) is 4.15. The van der Waals surface area contributed by atoms with E-state index in [9.17, 15) is 0 Å². The molecule has 0 radical (unpaired) electrons. The molecule has 0 saturated carbocycles. The molecule has 0 aliphatic heterocycles. The molecule has 0 bridgehead atoms. The van der Waals surface area contributed by atoms with Gasteiger partial charge in [0.05, 0.1) is 0 Å². The van der Waals surface area contributed by atoms with Gasteiger partial charge < -0.3 is 0 Å². The zero-order chi connectivity index (χ0) is 14.9. The van der Waals surface area contributed by atoms with Crippen molar-refractivity contribution < 1.29 is 0 Å². The van der Waals surface area contributed by atoms with Crippen LogP contribution in [0.15, 0.2) is 58.3 Å². The van der Waals surface area contributed by atoms with Crippen molar-refractivity contribution in [3.05, 3.63) is 59.7 Å². The van der Waals surface area contributed by atoms with Gasteiger partial charge in [0.2, 0.25) is 0 Å². The maximum atomic E-state index is 3.23. The summed E-state index contributed by atoms with van der Waals surface area (Å²) in [6, 6.07) is 16.5. The second-order valence-electron chi connectivity index (χ2n) is 3.96. The quantitative estimate of drug-likeness (QED) is 0.441. The normalized spacial score (nSPS) is 9.24. The fraction of sp³-hybridized carbons (Fsp3) is 0.111. The molecule has 0 unspecified atom stereocenters. The average Bonchev–Trinajstić information content (AvgIpc) is 2.55. The molecule has 3 heteroatoms. The van der Waals surface area contributed by atoms with Crippen molar-refractivity contribution in [2.45, 2.75) is 9.79 Å². The van der Waals surface area contributed by atoms with Gasteiger partial charge in [0.1, 0.15) is 0 Å². The first kappa shape index (κ1) is 16.2. The van der Waals surface area contributed by atoms with Crippen molar-refractivity contribution in [2.24, 2.45) is 0 Å². The van der Waals surface area contributed by atoms with Crippen LogP contribution in [0.5, 0.6) is 0 Å². The third kappa shape index (κ3) is 4.92. The van der Waals surface area contributed by atoms with Crippen molar-refractivity contribution in [3.8, 4) is 21.5 Å². The van der Waals surface area contributed by atoms with E-state index in [1.807, 2.05) is 24.3 Å². The standard InChI is InChI=1S/C18H14S2Se/c1-19-17-9-5-3-7-15(17)11-13-21-14-12-16-8-4-6-10-18(16)20-2/h3-10H,1-2H3. The Balaban J connectivity index is 2.06. The van der Waals surface area contributed by atoms with Crippen LogP contribution >= 0.6 is 23.5 Å². The van der Waals surface area contributed by atoms with E-state index in [0.717, 1.165) is 11.1 Å². The molecule has 2 rings (SSSR count). The summed E-state index contributed by atoms with van der Waals surface area (Å²) in [5, 5.41) is 0. The molecule has 0 aliphatic rings. The fourth-order valence-corrected chi connectivity index (χ4v) is 3.57. The second-order valence-corrected chi connectivity index (χ2v) is 6.94. The Labute approximate surface area is 141 Å². The molecular weight excluding hydrogens is 359 g/mol. The van der Waals surface area contributed by atoms with Crippen LogP contribution < -0.4 is 0 Å². The molecule has 0 atom stereocenters. The summed E-state index contributed by atoms with van der Waals surface area (Å²) in [6.45, 7) is 0. The first-order valence-corrected chi connectivity index (χ1v) is 10.5. The molecule has 0 heterocycles. The Bertz CT molecular complexity index is 666. The van der Waals surface area contributed by atoms with Gasteiger partial charge >= 0.3 is 142 Å². The SMILES string of the molecule is CSc1ccccc1C#C[Se]C#Cc1ccccc1SC. The fourth-order valence-electron chi connectivity index (χ4n) is 1.68. The molecule has 2 aromatic rings. The zero-order valence-electron chi connectivity index (χ0n) is 11.8. The van der Waals surface area contributed by atoms with Crippen molar-refractivity contribution in [2.75, 3.05) is 12.5 Å². The molecule has 0 aliphatic carbocycles. The molecule has 21 heavy (non-hydrogen) atoms. The van der Waals surface area contributed by atoms with Gasteiger partial charge in [-0.3, -0.25) is 0 Å². The van der Waals surface area contributed by atoms with Gasteiger partial charge in [-0.15, -0.1) is 0 Å². The number of hydrogen-bond donors (Lipinski definition) is 0. The van der Waals surface area contributed by atoms with Crippen LogP contribution in [0.4, 0.5) is 0 Å². The minimum absolute atomic E-state index is 0.0248. The first-order chi connectivity index (χ1) is 10.3. The summed E-state index contributed by atoms with van der Waals surface area (Å²) < 4.78 is 0. The van der Waals surface area contributed by atoms with Crippen LogP contribution in [0.1, 0.15) is 11.1 Å². The Kier molecular flexibility index (Phi) is 6.87. The molecule has 104 valence electrons. The predicted molar refractivity (Wildman–Crippen MR) is 96.0 cm³/mol. The monoisotopic (exact) mass is 374 g/mol. The zero-order valence-corrected chi connectivity index (χ0v) is 15.2. The van der Waals surface area contributed by atoms with Crippen LogP contribution in [0.3, 0.4) is 0 Å². The van der Waals surface area contributed by atoms with E-state index in [2.05, 4.69) is 58.3 Å². The van der Waals surface area contributed by atoms with E-state index in [-0.39, 0.29) is 15.0 Å². The summed E-state index contributed by atoms with van der Waals surface area (Å²) in [7, 11) is 0. The van der Waals surface area contributed by atoms with E-state index < -0.39 is 0 Å². The van der Waals surface area contributed by atoms with E-state index in [4.69, 9.17) is 0 Å². The van der Waals surface area contributed by atoms with Crippen LogP contribution in [0.25, 0.3) is 0 Å². The van der Waals surface area contributed by atoms with E-state index >= 15 is 0 Å². The van der Waals surface area contributed by atoms with Gasteiger partial charge in [-0.25, -0.2) is 0 Å². The van der Waals surface area contributed by atoms with E-state index in [1.54, 1.807) is 23.5 Å². The van der Waals surface area contributed by atoms with Gasteiger partial charge in [-0.2, -0.15) is 0 Å².